The van der Waals surface area contributed by atoms with Crippen LogP contribution in [-0.2, 0) is 61.3 Å². The molecule has 33 heavy (non-hydrogen) atoms. The van der Waals surface area contributed by atoms with Crippen molar-refractivity contribution >= 4 is 19.7 Å². The van der Waals surface area contributed by atoms with E-state index in [0.29, 0.717) is 6.42 Å². The van der Waals surface area contributed by atoms with Crippen LogP contribution in [0.25, 0.3) is 0 Å². The Morgan fingerprint density at radius 3 is 1.24 bits per heavy atom. The highest BCUT2D eigenvalue weighted by atomic mass is 32.2. The second kappa shape index (κ2) is 7.94. The van der Waals surface area contributed by atoms with Gasteiger partial charge < -0.3 is 0 Å². The fraction of sp³-hybridized carbons (Fsp3) is 0.556. The molecule has 1 aliphatic heterocycles. The minimum Gasteiger partial charge on any atom is -0.228 e. The highest BCUT2D eigenvalue weighted by molar-refractivity contribution is 7.94. The highest BCUT2D eigenvalue weighted by Crippen LogP contribution is 2.37. The van der Waals surface area contributed by atoms with E-state index in [9.17, 15) is 16.8 Å². The van der Waals surface area contributed by atoms with E-state index in [-0.39, 0.29) is 33.8 Å². The van der Waals surface area contributed by atoms with Crippen LogP contribution in [0.1, 0.15) is 86.1 Å². The van der Waals surface area contributed by atoms with Crippen molar-refractivity contribution in [3.8, 4) is 0 Å². The van der Waals surface area contributed by atoms with Crippen LogP contribution in [0.15, 0.2) is 24.3 Å². The van der Waals surface area contributed by atoms with Gasteiger partial charge in [-0.05, 0) is 74.6 Å². The molecule has 1 aliphatic carbocycles. The summed E-state index contributed by atoms with van der Waals surface area (Å²) in [5.41, 5.74) is 8.37. The summed E-state index contributed by atoms with van der Waals surface area (Å²) in [6.07, 6.45) is 2.18. The lowest BCUT2D eigenvalue weighted by molar-refractivity contribution is 0.583. The van der Waals surface area contributed by atoms with Crippen molar-refractivity contribution in [3.05, 3.63) is 68.8 Å². The average Bonchev–Trinajstić information content (AvgIpc) is 2.83. The molecule has 0 aromatic heterocycles. The van der Waals surface area contributed by atoms with Gasteiger partial charge in [0.25, 0.3) is 0 Å². The molecular weight excluding hydrogens is 452 g/mol. The largest absolute Gasteiger partial charge is 0.228 e. The molecule has 4 rings (SSSR count). The van der Waals surface area contributed by atoms with Crippen molar-refractivity contribution in [3.63, 3.8) is 0 Å². The second-order valence-corrected chi connectivity index (χ2v) is 16.3. The molecule has 0 unspecified atom stereocenters. The molecule has 2 aromatic carbocycles. The number of rotatable bonds is 0. The van der Waals surface area contributed by atoms with Crippen LogP contribution in [0, 0.1) is 0 Å². The first kappa shape index (κ1) is 24.5. The van der Waals surface area contributed by atoms with E-state index >= 15 is 0 Å². The molecule has 2 aromatic rings. The SMILES string of the molecule is CC(C)(C)c1cc2c3c(c1)CS(=O)(=O)CCS(=O)(=O)Cc1cc(C(C)(C)C)cc(c1CC3)C2. The first-order valence-electron chi connectivity index (χ1n) is 11.8. The van der Waals surface area contributed by atoms with Gasteiger partial charge in [0.2, 0.25) is 0 Å². The number of hydrogen-bond donors (Lipinski definition) is 0. The molecule has 0 saturated carbocycles. The van der Waals surface area contributed by atoms with Gasteiger partial charge in [0.1, 0.15) is 0 Å². The van der Waals surface area contributed by atoms with E-state index in [1.807, 2.05) is 12.1 Å². The Balaban J connectivity index is 2.03. The Kier molecular flexibility index (Phi) is 5.89. The van der Waals surface area contributed by atoms with Gasteiger partial charge in [0.15, 0.2) is 19.7 Å². The molecule has 0 spiro atoms. The van der Waals surface area contributed by atoms with Crippen LogP contribution in [0.2, 0.25) is 0 Å². The Morgan fingerprint density at radius 2 is 0.909 bits per heavy atom. The molecule has 2 bridgehead atoms. The Hall–Kier alpha value is -1.66. The fourth-order valence-corrected chi connectivity index (χ4v) is 8.79. The molecule has 0 fully saturated rings. The molecule has 2 aliphatic rings. The first-order chi connectivity index (χ1) is 15.0. The lowest BCUT2D eigenvalue weighted by Crippen LogP contribution is -2.22. The third-order valence-electron chi connectivity index (χ3n) is 7.06. The zero-order chi connectivity index (χ0) is 24.4. The van der Waals surface area contributed by atoms with Crippen LogP contribution in [0.4, 0.5) is 0 Å². The fourth-order valence-electron chi connectivity index (χ4n) is 5.00. The van der Waals surface area contributed by atoms with Crippen LogP contribution in [-0.4, -0.2) is 28.3 Å². The summed E-state index contributed by atoms with van der Waals surface area (Å²) < 4.78 is 52.1. The maximum Gasteiger partial charge on any atom is 0.155 e. The molecule has 0 saturated heterocycles. The van der Waals surface area contributed by atoms with E-state index in [1.165, 1.54) is 11.1 Å². The Bertz CT molecular complexity index is 1220. The summed E-state index contributed by atoms with van der Waals surface area (Å²) in [7, 11) is -7.10. The summed E-state index contributed by atoms with van der Waals surface area (Å²) in [5.74, 6) is -0.841. The average molecular weight is 489 g/mol. The minimum absolute atomic E-state index is 0.0920. The first-order valence-corrected chi connectivity index (χ1v) is 15.4. The normalized spacial score (nSPS) is 19.9. The van der Waals surface area contributed by atoms with E-state index < -0.39 is 19.7 Å². The maximum absolute atomic E-state index is 13.0. The standard InChI is InChI=1S/C27H36O4S2/c1-26(2,3)22-12-18-11-19-13-23(27(4,5)6)15-21-17-33(30,31)10-9-32(28,29)16-20(14-22)24(18)7-8-25(19)21/h12-15H,7-11,16-17H2,1-6H3. The lowest BCUT2D eigenvalue weighted by Gasteiger charge is -2.24. The summed E-state index contributed by atoms with van der Waals surface area (Å²) in [4.78, 5) is 0. The number of benzene rings is 2. The molecule has 6 heteroatoms. The molecule has 0 atom stereocenters. The van der Waals surface area contributed by atoms with Gasteiger partial charge in [-0.15, -0.1) is 0 Å². The van der Waals surface area contributed by atoms with Gasteiger partial charge in [-0.3, -0.25) is 0 Å². The van der Waals surface area contributed by atoms with Crippen molar-refractivity contribution in [1.29, 1.82) is 0 Å². The van der Waals surface area contributed by atoms with Crippen molar-refractivity contribution in [1.82, 2.24) is 0 Å². The zero-order valence-electron chi connectivity index (χ0n) is 20.7. The zero-order valence-corrected chi connectivity index (χ0v) is 22.3. The number of sulfone groups is 2. The molecule has 4 nitrogen and oxygen atoms in total. The topological polar surface area (TPSA) is 68.3 Å². The number of hydrogen-bond acceptors (Lipinski definition) is 4. The van der Waals surface area contributed by atoms with Crippen LogP contribution in [0.5, 0.6) is 0 Å². The molecule has 0 radical (unpaired) electrons. The molecule has 0 N–H and O–H groups in total. The third kappa shape index (κ3) is 5.22. The predicted molar refractivity (Wildman–Crippen MR) is 135 cm³/mol. The summed E-state index contributed by atoms with van der Waals surface area (Å²) >= 11 is 0. The third-order valence-corrected chi connectivity index (χ3v) is 10.5. The van der Waals surface area contributed by atoms with Crippen LogP contribution >= 0.6 is 0 Å². The monoisotopic (exact) mass is 488 g/mol. The van der Waals surface area contributed by atoms with E-state index in [0.717, 1.165) is 46.2 Å². The molecule has 1 heterocycles. The highest BCUT2D eigenvalue weighted by Gasteiger charge is 2.29. The lowest BCUT2D eigenvalue weighted by atomic mass is 9.81. The summed E-state index contributed by atoms with van der Waals surface area (Å²) in [6.45, 7) is 12.9. The van der Waals surface area contributed by atoms with Gasteiger partial charge in [-0.2, -0.15) is 0 Å². The van der Waals surface area contributed by atoms with Crippen molar-refractivity contribution in [2.45, 2.75) is 83.1 Å². The molecule has 0 amide bonds. The van der Waals surface area contributed by atoms with E-state index in [4.69, 9.17) is 0 Å². The van der Waals surface area contributed by atoms with Crippen LogP contribution < -0.4 is 0 Å². The second-order valence-electron chi connectivity index (χ2n) is 11.9. The maximum atomic E-state index is 13.0. The van der Waals surface area contributed by atoms with Crippen molar-refractivity contribution < 1.29 is 16.8 Å². The number of fused-ring (bicyclic) bond motifs is 1. The quantitative estimate of drug-likeness (QED) is 0.533. The van der Waals surface area contributed by atoms with E-state index in [1.54, 1.807) is 0 Å². The van der Waals surface area contributed by atoms with Crippen molar-refractivity contribution in [2.24, 2.45) is 0 Å². The molecular formula is C27H36O4S2. The minimum atomic E-state index is -3.55. The van der Waals surface area contributed by atoms with Gasteiger partial charge in [-0.25, -0.2) is 16.8 Å². The smallest absolute Gasteiger partial charge is 0.155 e. The molecule has 180 valence electrons. The van der Waals surface area contributed by atoms with Gasteiger partial charge in [0, 0.05) is 0 Å². The Morgan fingerprint density at radius 1 is 0.576 bits per heavy atom. The van der Waals surface area contributed by atoms with Gasteiger partial charge >= 0.3 is 0 Å². The predicted octanol–water partition coefficient (Wildman–Crippen LogP) is 4.81. The summed E-state index contributed by atoms with van der Waals surface area (Å²) in [6, 6.07) is 8.60. The van der Waals surface area contributed by atoms with Crippen LogP contribution in [0.3, 0.4) is 0 Å². The van der Waals surface area contributed by atoms with Crippen molar-refractivity contribution in [2.75, 3.05) is 11.5 Å². The van der Waals surface area contributed by atoms with Gasteiger partial charge in [0.05, 0.1) is 23.0 Å². The summed E-state index contributed by atoms with van der Waals surface area (Å²) in [5, 5.41) is 0. The van der Waals surface area contributed by atoms with Gasteiger partial charge in [-0.1, -0.05) is 65.8 Å². The Labute approximate surface area is 199 Å². The van der Waals surface area contributed by atoms with E-state index in [2.05, 4.69) is 53.7 Å².